The number of allylic oxidation sites excluding steroid dienone is 2. The van der Waals surface area contributed by atoms with Crippen molar-refractivity contribution in [3.63, 3.8) is 0 Å². The lowest BCUT2D eigenvalue weighted by molar-refractivity contribution is -0.146. The number of esters is 1. The highest BCUT2D eigenvalue weighted by atomic mass is 16.5. The van der Waals surface area contributed by atoms with E-state index in [1.165, 1.54) is 25.2 Å². The Labute approximate surface area is 123 Å². The molecule has 6 heteroatoms. The highest BCUT2D eigenvalue weighted by Gasteiger charge is 2.34. The highest BCUT2D eigenvalue weighted by Crippen LogP contribution is 2.31. The number of rotatable bonds is 4. The summed E-state index contributed by atoms with van der Waals surface area (Å²) in [6.07, 6.45) is 6.52. The molecular formula is C15H20O6. The van der Waals surface area contributed by atoms with Crippen LogP contribution in [0.4, 0.5) is 0 Å². The molecule has 2 rings (SSSR count). The monoisotopic (exact) mass is 296 g/mol. The number of ether oxygens (including phenoxy) is 1. The maximum absolute atomic E-state index is 10.8. The molecule has 0 heterocycles. The molecule has 1 unspecified atom stereocenters. The fourth-order valence-corrected chi connectivity index (χ4v) is 1.76. The fraction of sp³-hybridized carbons (Fsp3) is 0.533. The zero-order valence-electron chi connectivity index (χ0n) is 12.2. The predicted molar refractivity (Wildman–Crippen MR) is 74.6 cm³/mol. The lowest BCUT2D eigenvalue weighted by Crippen LogP contribution is -2.28. The van der Waals surface area contributed by atoms with Crippen LogP contribution in [-0.2, 0) is 19.1 Å². The van der Waals surface area contributed by atoms with E-state index in [0.29, 0.717) is 6.61 Å². The van der Waals surface area contributed by atoms with E-state index in [4.69, 9.17) is 14.9 Å². The number of carbonyl (C=O) groups excluding carboxylic acids is 1. The normalized spacial score (nSPS) is 23.4. The minimum atomic E-state index is -1.08. The second-order valence-electron chi connectivity index (χ2n) is 5.28. The van der Waals surface area contributed by atoms with E-state index in [1.54, 1.807) is 0 Å². The first-order chi connectivity index (χ1) is 9.80. The van der Waals surface area contributed by atoms with Gasteiger partial charge in [-0.1, -0.05) is 18.2 Å². The van der Waals surface area contributed by atoms with Gasteiger partial charge in [0.15, 0.2) is 0 Å². The summed E-state index contributed by atoms with van der Waals surface area (Å²) in [7, 11) is 0. The van der Waals surface area contributed by atoms with Gasteiger partial charge in [0.25, 0.3) is 0 Å². The Morgan fingerprint density at radius 2 is 1.95 bits per heavy atom. The summed E-state index contributed by atoms with van der Waals surface area (Å²) in [5.74, 6) is -1.81. The molecule has 1 fully saturated rings. The zero-order chi connectivity index (χ0) is 16.0. The van der Waals surface area contributed by atoms with Crippen LogP contribution in [0, 0.1) is 11.3 Å². The quantitative estimate of drug-likeness (QED) is 0.769. The second-order valence-corrected chi connectivity index (χ2v) is 5.28. The van der Waals surface area contributed by atoms with Crippen molar-refractivity contribution in [2.24, 2.45) is 11.3 Å². The summed E-state index contributed by atoms with van der Waals surface area (Å²) < 4.78 is 4.73. The molecule has 0 amide bonds. The molecule has 0 aromatic heterocycles. The van der Waals surface area contributed by atoms with E-state index >= 15 is 0 Å². The van der Waals surface area contributed by atoms with Gasteiger partial charge in [0.2, 0.25) is 0 Å². The third-order valence-corrected chi connectivity index (χ3v) is 3.28. The Morgan fingerprint density at radius 1 is 1.33 bits per heavy atom. The smallest absolute Gasteiger partial charge is 0.331 e. The molecule has 0 radical (unpaired) electrons. The van der Waals surface area contributed by atoms with E-state index in [0.717, 1.165) is 12.8 Å². The SMILES string of the molecule is CC1(C(=O)O)C=CC=C(C(=O)O)C1.CCOC(=O)C1CC1. The van der Waals surface area contributed by atoms with E-state index < -0.39 is 17.4 Å². The third kappa shape index (κ3) is 5.06. The van der Waals surface area contributed by atoms with Crippen molar-refractivity contribution in [1.29, 1.82) is 0 Å². The van der Waals surface area contributed by atoms with Crippen molar-refractivity contribution >= 4 is 17.9 Å². The number of carboxylic acids is 2. The van der Waals surface area contributed by atoms with Gasteiger partial charge in [-0.2, -0.15) is 0 Å². The number of aliphatic carboxylic acids is 2. The predicted octanol–water partition coefficient (Wildman–Crippen LogP) is 2.01. The van der Waals surface area contributed by atoms with Gasteiger partial charge in [-0.15, -0.1) is 0 Å². The first-order valence-electron chi connectivity index (χ1n) is 6.82. The van der Waals surface area contributed by atoms with Crippen LogP contribution in [0.25, 0.3) is 0 Å². The largest absolute Gasteiger partial charge is 0.481 e. The second kappa shape index (κ2) is 7.06. The van der Waals surface area contributed by atoms with Gasteiger partial charge < -0.3 is 14.9 Å². The summed E-state index contributed by atoms with van der Waals surface area (Å²) in [5.41, 5.74) is -0.949. The molecule has 0 aromatic carbocycles. The van der Waals surface area contributed by atoms with Crippen LogP contribution < -0.4 is 0 Å². The molecule has 2 aliphatic rings. The summed E-state index contributed by atoms with van der Waals surface area (Å²) in [6.45, 7) is 3.86. The minimum Gasteiger partial charge on any atom is -0.481 e. The molecule has 0 saturated heterocycles. The molecule has 1 saturated carbocycles. The molecule has 0 spiro atoms. The molecule has 0 bridgehead atoms. The van der Waals surface area contributed by atoms with E-state index in [1.807, 2.05) is 6.92 Å². The summed E-state index contributed by atoms with van der Waals surface area (Å²) in [4.78, 5) is 31.9. The fourth-order valence-electron chi connectivity index (χ4n) is 1.76. The standard InChI is InChI=1S/C9H10O4.C6H10O2/c1-9(8(12)13)4-2-3-6(5-9)7(10)11;1-2-8-6(7)5-3-4-5/h2-4H,5H2,1H3,(H,10,11)(H,12,13);5H,2-4H2,1H3. The minimum absolute atomic E-state index is 0.00694. The van der Waals surface area contributed by atoms with Crippen molar-refractivity contribution in [1.82, 2.24) is 0 Å². The maximum atomic E-state index is 10.8. The third-order valence-electron chi connectivity index (χ3n) is 3.28. The van der Waals surface area contributed by atoms with Crippen LogP contribution in [0.5, 0.6) is 0 Å². The first-order valence-corrected chi connectivity index (χ1v) is 6.82. The van der Waals surface area contributed by atoms with Crippen molar-refractivity contribution < 1.29 is 29.3 Å². The molecular weight excluding hydrogens is 276 g/mol. The van der Waals surface area contributed by atoms with Gasteiger partial charge in [-0.05, 0) is 33.1 Å². The zero-order valence-corrected chi connectivity index (χ0v) is 12.2. The molecule has 0 aromatic rings. The average Bonchev–Trinajstić information content (AvgIpc) is 3.24. The Bertz CT molecular complexity index is 486. The van der Waals surface area contributed by atoms with E-state index in [9.17, 15) is 14.4 Å². The van der Waals surface area contributed by atoms with Gasteiger partial charge in [-0.3, -0.25) is 9.59 Å². The van der Waals surface area contributed by atoms with Gasteiger partial charge >= 0.3 is 17.9 Å². The van der Waals surface area contributed by atoms with Crippen molar-refractivity contribution in [2.75, 3.05) is 6.61 Å². The lowest BCUT2D eigenvalue weighted by atomic mass is 9.80. The average molecular weight is 296 g/mol. The molecule has 0 aliphatic heterocycles. The molecule has 116 valence electrons. The summed E-state index contributed by atoms with van der Waals surface area (Å²) >= 11 is 0. The molecule has 2 aliphatic carbocycles. The van der Waals surface area contributed by atoms with Crippen LogP contribution in [0.2, 0.25) is 0 Å². The summed E-state index contributed by atoms with van der Waals surface area (Å²) in [6, 6.07) is 0. The van der Waals surface area contributed by atoms with Gasteiger partial charge in [0, 0.05) is 5.57 Å². The van der Waals surface area contributed by atoms with Crippen LogP contribution in [0.15, 0.2) is 23.8 Å². The van der Waals surface area contributed by atoms with Crippen molar-refractivity contribution in [2.45, 2.75) is 33.1 Å². The van der Waals surface area contributed by atoms with Crippen LogP contribution >= 0.6 is 0 Å². The maximum Gasteiger partial charge on any atom is 0.331 e. The molecule has 6 nitrogen and oxygen atoms in total. The molecule has 2 N–H and O–H groups in total. The summed E-state index contributed by atoms with van der Waals surface area (Å²) in [5, 5.41) is 17.5. The molecule has 21 heavy (non-hydrogen) atoms. The highest BCUT2D eigenvalue weighted by molar-refractivity contribution is 5.90. The van der Waals surface area contributed by atoms with Crippen molar-refractivity contribution in [3.8, 4) is 0 Å². The molecule has 1 atom stereocenters. The van der Waals surface area contributed by atoms with Gasteiger partial charge in [0.05, 0.1) is 17.9 Å². The topological polar surface area (TPSA) is 101 Å². The van der Waals surface area contributed by atoms with Crippen molar-refractivity contribution in [3.05, 3.63) is 23.8 Å². The Morgan fingerprint density at radius 3 is 2.38 bits per heavy atom. The first kappa shape index (κ1) is 16.9. The van der Waals surface area contributed by atoms with Crippen LogP contribution in [-0.4, -0.2) is 34.7 Å². The Balaban J connectivity index is 0.000000235. The lowest BCUT2D eigenvalue weighted by Gasteiger charge is -2.23. The Hall–Kier alpha value is -2.11. The van der Waals surface area contributed by atoms with Crippen LogP contribution in [0.1, 0.15) is 33.1 Å². The van der Waals surface area contributed by atoms with E-state index in [2.05, 4.69) is 0 Å². The number of hydrogen-bond donors (Lipinski definition) is 2. The number of carbonyl (C=O) groups is 3. The number of carboxylic acid groups (broad SMARTS) is 2. The number of hydrogen-bond acceptors (Lipinski definition) is 4. The Kier molecular flexibility index (Phi) is 5.69. The van der Waals surface area contributed by atoms with E-state index in [-0.39, 0.29) is 23.9 Å². The van der Waals surface area contributed by atoms with Gasteiger partial charge in [-0.25, -0.2) is 4.79 Å². The van der Waals surface area contributed by atoms with Gasteiger partial charge in [0.1, 0.15) is 0 Å². The van der Waals surface area contributed by atoms with Crippen LogP contribution in [0.3, 0.4) is 0 Å².